The summed E-state index contributed by atoms with van der Waals surface area (Å²) in [5.74, 6) is 0.767. The summed E-state index contributed by atoms with van der Waals surface area (Å²) < 4.78 is 0. The van der Waals surface area contributed by atoms with Gasteiger partial charge in [-0.05, 0) is 64.3 Å². The second-order valence-corrected chi connectivity index (χ2v) is 6.37. The molecule has 0 bridgehead atoms. The highest BCUT2D eigenvalue weighted by Crippen LogP contribution is 2.36. The van der Waals surface area contributed by atoms with E-state index in [4.69, 9.17) is 0 Å². The molecule has 1 aliphatic heterocycles. The van der Waals surface area contributed by atoms with Gasteiger partial charge in [0.05, 0.1) is 0 Å². The average Bonchev–Trinajstić information content (AvgIpc) is 2.41. The Morgan fingerprint density at radius 2 is 2.05 bits per heavy atom. The van der Waals surface area contributed by atoms with Crippen LogP contribution in [0, 0.1) is 5.92 Å². The summed E-state index contributed by atoms with van der Waals surface area (Å²) >= 11 is 0. The summed E-state index contributed by atoms with van der Waals surface area (Å²) in [5.41, 5.74) is 3.19. The molecule has 0 saturated carbocycles. The van der Waals surface area contributed by atoms with Crippen molar-refractivity contribution < 1.29 is 0 Å². The highest BCUT2D eigenvalue weighted by atomic mass is 15.2. The molecule has 1 aromatic carbocycles. The van der Waals surface area contributed by atoms with Crippen LogP contribution in [0.4, 0.5) is 5.69 Å². The molecule has 1 N–H and O–H groups in total. The van der Waals surface area contributed by atoms with Gasteiger partial charge < -0.3 is 10.2 Å². The third kappa shape index (κ3) is 3.11. The van der Waals surface area contributed by atoms with Crippen LogP contribution in [0.15, 0.2) is 24.3 Å². The second kappa shape index (κ2) is 5.96. The number of nitrogens with one attached hydrogen (secondary N) is 1. The van der Waals surface area contributed by atoms with E-state index < -0.39 is 0 Å². The summed E-state index contributed by atoms with van der Waals surface area (Å²) in [7, 11) is 2.06. The van der Waals surface area contributed by atoms with Crippen LogP contribution in [0.3, 0.4) is 0 Å². The number of benzene rings is 1. The predicted octanol–water partition coefficient (Wildman–Crippen LogP) is 3.46. The van der Waals surface area contributed by atoms with Crippen molar-refractivity contribution in [2.75, 3.05) is 25.0 Å². The van der Waals surface area contributed by atoms with Gasteiger partial charge in [-0.15, -0.1) is 0 Å². The normalized spacial score (nSPS) is 22.5. The third-order valence-corrected chi connectivity index (χ3v) is 4.49. The quantitative estimate of drug-likeness (QED) is 0.892. The Bertz CT molecular complexity index is 411. The first-order chi connectivity index (χ1) is 9.08. The van der Waals surface area contributed by atoms with Crippen molar-refractivity contribution in [1.29, 1.82) is 0 Å². The summed E-state index contributed by atoms with van der Waals surface area (Å²) in [6, 6.07) is 8.89. The Morgan fingerprint density at radius 3 is 2.74 bits per heavy atom. The molecule has 0 amide bonds. The standard InChI is InChI=1S/C17H28N2/c1-5-15-8-6-7-9-16(15)19-13-14(12-18-4)10-11-17(19,2)3/h6-9,14,18H,5,10-13H2,1-4H3. The highest BCUT2D eigenvalue weighted by molar-refractivity contribution is 5.56. The summed E-state index contributed by atoms with van der Waals surface area (Å²) in [6.07, 6.45) is 3.72. The fourth-order valence-electron chi connectivity index (χ4n) is 3.24. The van der Waals surface area contributed by atoms with Gasteiger partial charge in [-0.2, -0.15) is 0 Å². The van der Waals surface area contributed by atoms with Gasteiger partial charge in [0.1, 0.15) is 0 Å². The number of anilines is 1. The molecule has 106 valence electrons. The number of hydrogen-bond acceptors (Lipinski definition) is 2. The molecule has 1 aliphatic rings. The van der Waals surface area contributed by atoms with E-state index in [0.29, 0.717) is 0 Å². The molecule has 0 spiro atoms. The fourth-order valence-corrected chi connectivity index (χ4v) is 3.24. The number of nitrogens with zero attached hydrogens (tertiary/aromatic N) is 1. The molecule has 1 aromatic rings. The van der Waals surface area contributed by atoms with E-state index in [9.17, 15) is 0 Å². The van der Waals surface area contributed by atoms with Gasteiger partial charge in [-0.25, -0.2) is 0 Å². The summed E-state index contributed by atoms with van der Waals surface area (Å²) in [4.78, 5) is 2.64. The summed E-state index contributed by atoms with van der Waals surface area (Å²) in [5, 5.41) is 3.34. The molecule has 1 saturated heterocycles. The van der Waals surface area contributed by atoms with Gasteiger partial charge in [-0.1, -0.05) is 25.1 Å². The Morgan fingerprint density at radius 1 is 1.32 bits per heavy atom. The van der Waals surface area contributed by atoms with Crippen molar-refractivity contribution in [1.82, 2.24) is 5.32 Å². The Hall–Kier alpha value is -1.02. The van der Waals surface area contributed by atoms with Gasteiger partial charge in [0.2, 0.25) is 0 Å². The lowest BCUT2D eigenvalue weighted by atomic mass is 9.83. The minimum Gasteiger partial charge on any atom is -0.366 e. The van der Waals surface area contributed by atoms with Crippen molar-refractivity contribution in [2.24, 2.45) is 5.92 Å². The van der Waals surface area contributed by atoms with Crippen LogP contribution in [0.5, 0.6) is 0 Å². The topological polar surface area (TPSA) is 15.3 Å². The fraction of sp³-hybridized carbons (Fsp3) is 0.647. The van der Waals surface area contributed by atoms with Crippen LogP contribution in [0.2, 0.25) is 0 Å². The highest BCUT2D eigenvalue weighted by Gasteiger charge is 2.34. The van der Waals surface area contributed by atoms with E-state index in [0.717, 1.165) is 18.9 Å². The van der Waals surface area contributed by atoms with E-state index in [-0.39, 0.29) is 5.54 Å². The Labute approximate surface area is 118 Å². The number of hydrogen-bond donors (Lipinski definition) is 1. The van der Waals surface area contributed by atoms with Crippen molar-refractivity contribution in [3.63, 3.8) is 0 Å². The first-order valence-corrected chi connectivity index (χ1v) is 7.58. The number of rotatable bonds is 4. The van der Waals surface area contributed by atoms with Crippen molar-refractivity contribution in [3.8, 4) is 0 Å². The molecule has 1 fully saturated rings. The van der Waals surface area contributed by atoms with E-state index in [1.165, 1.54) is 30.6 Å². The van der Waals surface area contributed by atoms with Crippen LogP contribution in [-0.2, 0) is 6.42 Å². The lowest BCUT2D eigenvalue weighted by Gasteiger charge is -2.48. The first-order valence-electron chi connectivity index (χ1n) is 7.58. The Balaban J connectivity index is 2.27. The number of piperidine rings is 1. The van der Waals surface area contributed by atoms with E-state index in [2.05, 4.69) is 62.3 Å². The van der Waals surface area contributed by atoms with Crippen LogP contribution in [0.1, 0.15) is 39.2 Å². The minimum atomic E-state index is 0.273. The zero-order chi connectivity index (χ0) is 13.9. The Kier molecular flexibility index (Phi) is 4.51. The van der Waals surface area contributed by atoms with Crippen LogP contribution in [-0.4, -0.2) is 25.7 Å². The molecule has 0 radical (unpaired) electrons. The van der Waals surface area contributed by atoms with Crippen molar-refractivity contribution >= 4 is 5.69 Å². The number of para-hydroxylation sites is 1. The molecule has 19 heavy (non-hydrogen) atoms. The predicted molar refractivity (Wildman–Crippen MR) is 83.9 cm³/mol. The SMILES string of the molecule is CCc1ccccc1N1CC(CNC)CCC1(C)C. The van der Waals surface area contributed by atoms with Crippen molar-refractivity contribution in [2.45, 2.75) is 45.6 Å². The van der Waals surface area contributed by atoms with Gasteiger partial charge in [0, 0.05) is 17.8 Å². The van der Waals surface area contributed by atoms with Gasteiger partial charge in [0.15, 0.2) is 0 Å². The monoisotopic (exact) mass is 260 g/mol. The largest absolute Gasteiger partial charge is 0.366 e. The maximum absolute atomic E-state index is 3.34. The van der Waals surface area contributed by atoms with Gasteiger partial charge in [0.25, 0.3) is 0 Å². The zero-order valence-corrected chi connectivity index (χ0v) is 12.9. The number of aryl methyl sites for hydroxylation is 1. The van der Waals surface area contributed by atoms with Gasteiger partial charge in [-0.3, -0.25) is 0 Å². The maximum Gasteiger partial charge on any atom is 0.0403 e. The van der Waals surface area contributed by atoms with Gasteiger partial charge >= 0.3 is 0 Å². The molecule has 2 nitrogen and oxygen atoms in total. The molecule has 1 heterocycles. The van der Waals surface area contributed by atoms with Crippen LogP contribution >= 0.6 is 0 Å². The second-order valence-electron chi connectivity index (χ2n) is 6.37. The molecule has 2 rings (SSSR count). The average molecular weight is 260 g/mol. The maximum atomic E-state index is 3.34. The molecule has 1 unspecified atom stereocenters. The third-order valence-electron chi connectivity index (χ3n) is 4.49. The summed E-state index contributed by atoms with van der Waals surface area (Å²) in [6.45, 7) is 9.32. The van der Waals surface area contributed by atoms with Crippen LogP contribution in [0.25, 0.3) is 0 Å². The molecular formula is C17H28N2. The first kappa shape index (κ1) is 14.4. The zero-order valence-electron chi connectivity index (χ0n) is 12.9. The minimum absolute atomic E-state index is 0.273. The van der Waals surface area contributed by atoms with Crippen LogP contribution < -0.4 is 10.2 Å². The smallest absolute Gasteiger partial charge is 0.0403 e. The lowest BCUT2D eigenvalue weighted by Crippen LogP contribution is -2.52. The molecule has 0 aromatic heterocycles. The van der Waals surface area contributed by atoms with E-state index in [1.807, 2.05) is 0 Å². The molecule has 1 atom stereocenters. The molecule has 2 heteroatoms. The van der Waals surface area contributed by atoms with E-state index >= 15 is 0 Å². The lowest BCUT2D eigenvalue weighted by molar-refractivity contribution is 0.286. The van der Waals surface area contributed by atoms with Crippen molar-refractivity contribution in [3.05, 3.63) is 29.8 Å². The molecular weight excluding hydrogens is 232 g/mol. The van der Waals surface area contributed by atoms with E-state index in [1.54, 1.807) is 0 Å². The molecule has 0 aliphatic carbocycles.